The first-order valence-electron chi connectivity index (χ1n) is 7.11. The standard InChI is InChI=1S/C15H15N3O2S2/c19-22(20,14-8-17-15-13(14)2-1-6-16-15)18(12-3-4-12)9-11-5-7-21-10-11/h1-2,5-8,10,12H,3-4,9H2,(H,16,17). The normalized spacial score (nSPS) is 15.7. The van der Waals surface area contributed by atoms with Crippen LogP contribution in [0.25, 0.3) is 11.0 Å². The van der Waals surface area contributed by atoms with E-state index in [-0.39, 0.29) is 6.04 Å². The van der Waals surface area contributed by atoms with E-state index in [9.17, 15) is 8.42 Å². The molecule has 0 unspecified atom stereocenters. The third-order valence-electron chi connectivity index (χ3n) is 3.87. The first kappa shape index (κ1) is 13.9. The fraction of sp³-hybridized carbons (Fsp3) is 0.267. The molecule has 3 aromatic rings. The van der Waals surface area contributed by atoms with Crippen LogP contribution in [0.15, 0.2) is 46.2 Å². The van der Waals surface area contributed by atoms with Crippen molar-refractivity contribution in [2.75, 3.05) is 0 Å². The predicted molar refractivity (Wildman–Crippen MR) is 86.2 cm³/mol. The van der Waals surface area contributed by atoms with Gasteiger partial charge in [0, 0.05) is 30.4 Å². The molecule has 0 aromatic carbocycles. The fourth-order valence-electron chi connectivity index (χ4n) is 2.61. The van der Waals surface area contributed by atoms with Crippen LogP contribution in [0.1, 0.15) is 18.4 Å². The largest absolute Gasteiger partial charge is 0.345 e. The Kier molecular flexibility index (Phi) is 3.28. The van der Waals surface area contributed by atoms with Gasteiger partial charge in [-0.05, 0) is 47.4 Å². The maximum atomic E-state index is 13.1. The highest BCUT2D eigenvalue weighted by Gasteiger charge is 2.39. The van der Waals surface area contributed by atoms with E-state index in [1.54, 1.807) is 40.2 Å². The number of hydrogen-bond donors (Lipinski definition) is 1. The molecular formula is C15H15N3O2S2. The van der Waals surface area contributed by atoms with Crippen LogP contribution in [0.5, 0.6) is 0 Å². The lowest BCUT2D eigenvalue weighted by molar-refractivity contribution is 0.399. The number of rotatable bonds is 5. The van der Waals surface area contributed by atoms with Gasteiger partial charge in [-0.15, -0.1) is 0 Å². The number of aromatic amines is 1. The van der Waals surface area contributed by atoms with Gasteiger partial charge in [0.25, 0.3) is 0 Å². The van der Waals surface area contributed by atoms with Crippen LogP contribution in [0, 0.1) is 0 Å². The van der Waals surface area contributed by atoms with E-state index in [0.717, 1.165) is 18.4 Å². The van der Waals surface area contributed by atoms with Crippen molar-refractivity contribution in [3.63, 3.8) is 0 Å². The fourth-order valence-corrected chi connectivity index (χ4v) is 5.09. The molecule has 1 N–H and O–H groups in total. The Hall–Kier alpha value is -1.70. The van der Waals surface area contributed by atoms with Gasteiger partial charge in [-0.1, -0.05) is 0 Å². The number of nitrogens with one attached hydrogen (secondary N) is 1. The molecule has 0 aliphatic heterocycles. The molecule has 1 aliphatic rings. The van der Waals surface area contributed by atoms with Gasteiger partial charge in [-0.25, -0.2) is 13.4 Å². The minimum absolute atomic E-state index is 0.117. The number of pyridine rings is 1. The van der Waals surface area contributed by atoms with Crippen LogP contribution >= 0.6 is 11.3 Å². The Morgan fingerprint density at radius 3 is 2.95 bits per heavy atom. The van der Waals surface area contributed by atoms with Gasteiger partial charge in [0.15, 0.2) is 0 Å². The molecule has 0 saturated heterocycles. The average molecular weight is 333 g/mol. The van der Waals surface area contributed by atoms with Crippen LogP contribution in [-0.4, -0.2) is 28.7 Å². The molecular weight excluding hydrogens is 318 g/mol. The molecule has 1 fully saturated rings. The Morgan fingerprint density at radius 1 is 1.36 bits per heavy atom. The van der Waals surface area contributed by atoms with Crippen molar-refractivity contribution in [3.05, 3.63) is 46.9 Å². The number of nitrogens with zero attached hydrogens (tertiary/aromatic N) is 2. The highest BCUT2D eigenvalue weighted by Crippen LogP contribution is 2.35. The Labute approximate surface area is 132 Å². The first-order chi connectivity index (χ1) is 10.7. The summed E-state index contributed by atoms with van der Waals surface area (Å²) >= 11 is 1.59. The monoisotopic (exact) mass is 333 g/mol. The number of thiophene rings is 1. The molecule has 5 nitrogen and oxygen atoms in total. The molecule has 0 bridgehead atoms. The molecule has 0 atom stereocenters. The van der Waals surface area contributed by atoms with Crippen molar-refractivity contribution < 1.29 is 8.42 Å². The van der Waals surface area contributed by atoms with Gasteiger partial charge in [0.1, 0.15) is 10.5 Å². The molecule has 1 saturated carbocycles. The highest BCUT2D eigenvalue weighted by atomic mass is 32.2. The predicted octanol–water partition coefficient (Wildman–Crippen LogP) is 2.98. The van der Waals surface area contributed by atoms with Crippen molar-refractivity contribution in [2.24, 2.45) is 0 Å². The minimum Gasteiger partial charge on any atom is -0.345 e. The second kappa shape index (κ2) is 5.19. The summed E-state index contributed by atoms with van der Waals surface area (Å²) in [5.74, 6) is 0. The lowest BCUT2D eigenvalue weighted by Gasteiger charge is -2.21. The van der Waals surface area contributed by atoms with E-state index in [4.69, 9.17) is 0 Å². The van der Waals surface area contributed by atoms with Gasteiger partial charge in [-0.3, -0.25) is 0 Å². The molecule has 0 amide bonds. The quantitative estimate of drug-likeness (QED) is 0.780. The second-order valence-electron chi connectivity index (χ2n) is 5.47. The van der Waals surface area contributed by atoms with E-state index in [0.29, 0.717) is 22.5 Å². The molecule has 0 radical (unpaired) electrons. The summed E-state index contributed by atoms with van der Waals surface area (Å²) in [7, 11) is -3.53. The Balaban J connectivity index is 1.77. The van der Waals surface area contributed by atoms with Crippen LogP contribution in [0.3, 0.4) is 0 Å². The summed E-state index contributed by atoms with van der Waals surface area (Å²) in [4.78, 5) is 7.44. The Bertz CT molecular complexity index is 896. The lowest BCUT2D eigenvalue weighted by atomic mass is 10.3. The summed E-state index contributed by atoms with van der Waals surface area (Å²) in [5, 5.41) is 4.63. The van der Waals surface area contributed by atoms with E-state index in [1.807, 2.05) is 16.8 Å². The van der Waals surface area contributed by atoms with E-state index in [2.05, 4.69) is 9.97 Å². The smallest absolute Gasteiger partial charge is 0.245 e. The SMILES string of the molecule is O=S(=O)(c1c[nH]c2ncccc12)N(Cc1ccsc1)C1CC1. The zero-order chi connectivity index (χ0) is 15.2. The molecule has 114 valence electrons. The Morgan fingerprint density at radius 2 is 2.23 bits per heavy atom. The molecule has 22 heavy (non-hydrogen) atoms. The van der Waals surface area contributed by atoms with Crippen molar-refractivity contribution in [2.45, 2.75) is 30.3 Å². The summed E-state index contributed by atoms with van der Waals surface area (Å²) in [6.45, 7) is 0.434. The van der Waals surface area contributed by atoms with Crippen LogP contribution < -0.4 is 0 Å². The second-order valence-corrected chi connectivity index (χ2v) is 8.10. The van der Waals surface area contributed by atoms with Gasteiger partial charge in [0.2, 0.25) is 10.0 Å². The van der Waals surface area contributed by atoms with Crippen molar-refractivity contribution >= 4 is 32.4 Å². The topological polar surface area (TPSA) is 66.1 Å². The molecule has 4 rings (SSSR count). The highest BCUT2D eigenvalue weighted by molar-refractivity contribution is 7.89. The number of H-pyrrole nitrogens is 1. The summed E-state index contributed by atoms with van der Waals surface area (Å²) in [6.07, 6.45) is 5.07. The molecule has 0 spiro atoms. The number of sulfonamides is 1. The van der Waals surface area contributed by atoms with E-state index < -0.39 is 10.0 Å². The van der Waals surface area contributed by atoms with Crippen molar-refractivity contribution in [1.82, 2.24) is 14.3 Å². The summed E-state index contributed by atoms with van der Waals surface area (Å²) < 4.78 is 27.8. The number of hydrogen-bond acceptors (Lipinski definition) is 4. The average Bonchev–Trinajstić information content (AvgIpc) is 3.04. The lowest BCUT2D eigenvalue weighted by Crippen LogP contribution is -2.32. The zero-order valence-electron chi connectivity index (χ0n) is 11.8. The zero-order valence-corrected chi connectivity index (χ0v) is 13.4. The van der Waals surface area contributed by atoms with Gasteiger partial charge >= 0.3 is 0 Å². The molecule has 3 heterocycles. The molecule has 1 aliphatic carbocycles. The summed E-state index contributed by atoms with van der Waals surface area (Å²) in [5.41, 5.74) is 1.64. The third kappa shape index (κ3) is 2.35. The van der Waals surface area contributed by atoms with Crippen molar-refractivity contribution in [3.8, 4) is 0 Å². The number of aromatic nitrogens is 2. The molecule has 3 aromatic heterocycles. The van der Waals surface area contributed by atoms with Crippen molar-refractivity contribution in [1.29, 1.82) is 0 Å². The maximum absolute atomic E-state index is 13.1. The van der Waals surface area contributed by atoms with Crippen LogP contribution in [0.2, 0.25) is 0 Å². The van der Waals surface area contributed by atoms with E-state index in [1.165, 1.54) is 0 Å². The first-order valence-corrected chi connectivity index (χ1v) is 9.49. The van der Waals surface area contributed by atoms with Gasteiger partial charge < -0.3 is 4.98 Å². The molecule has 7 heteroatoms. The van der Waals surface area contributed by atoms with Gasteiger partial charge in [0.05, 0.1) is 0 Å². The maximum Gasteiger partial charge on any atom is 0.245 e. The third-order valence-corrected chi connectivity index (χ3v) is 6.54. The minimum atomic E-state index is -3.53. The number of fused-ring (bicyclic) bond motifs is 1. The summed E-state index contributed by atoms with van der Waals surface area (Å²) in [6, 6.07) is 5.65. The van der Waals surface area contributed by atoms with Crippen LogP contribution in [-0.2, 0) is 16.6 Å². The van der Waals surface area contributed by atoms with E-state index >= 15 is 0 Å². The van der Waals surface area contributed by atoms with Gasteiger partial charge in [-0.2, -0.15) is 15.6 Å². The van der Waals surface area contributed by atoms with Crippen LogP contribution in [0.4, 0.5) is 0 Å².